The molecule has 1 aromatic rings. The summed E-state index contributed by atoms with van der Waals surface area (Å²) in [5.74, 6) is -0.186. The summed E-state index contributed by atoms with van der Waals surface area (Å²) < 4.78 is 24.8. The molecule has 0 aliphatic rings. The number of aromatic nitrogens is 3. The lowest BCUT2D eigenvalue weighted by molar-refractivity contribution is 0.140. The molecule has 84 valence electrons. The van der Waals surface area contributed by atoms with E-state index in [0.29, 0.717) is 13.1 Å². The number of hydrogen-bond acceptors (Lipinski definition) is 5. The second-order valence-electron chi connectivity index (χ2n) is 2.70. The first kappa shape index (κ1) is 11.5. The average molecular weight is 217 g/mol. The van der Waals surface area contributed by atoms with Gasteiger partial charge in [-0.1, -0.05) is 0 Å². The molecule has 0 saturated heterocycles. The van der Waals surface area contributed by atoms with Gasteiger partial charge in [-0.2, -0.15) is 15.0 Å². The van der Waals surface area contributed by atoms with Crippen LogP contribution in [0.1, 0.15) is 26.1 Å². The van der Waals surface area contributed by atoms with E-state index in [-0.39, 0.29) is 11.9 Å². The number of hydrogen-bond donors (Lipinski definition) is 2. The summed E-state index contributed by atoms with van der Waals surface area (Å²) in [7, 11) is 0. The van der Waals surface area contributed by atoms with E-state index in [0.717, 1.165) is 0 Å². The Labute approximate surface area is 86.3 Å². The van der Waals surface area contributed by atoms with E-state index < -0.39 is 12.2 Å². The molecule has 7 heteroatoms. The van der Waals surface area contributed by atoms with Gasteiger partial charge in [0, 0.05) is 13.1 Å². The van der Waals surface area contributed by atoms with Crippen molar-refractivity contribution in [2.45, 2.75) is 20.3 Å². The molecule has 0 fully saturated rings. The molecule has 15 heavy (non-hydrogen) atoms. The zero-order valence-corrected chi connectivity index (χ0v) is 8.59. The Morgan fingerprint density at radius 3 is 1.80 bits per heavy atom. The van der Waals surface area contributed by atoms with Crippen LogP contribution >= 0.6 is 0 Å². The fourth-order valence-corrected chi connectivity index (χ4v) is 0.964. The van der Waals surface area contributed by atoms with Crippen LogP contribution in [0, 0.1) is 0 Å². The van der Waals surface area contributed by atoms with Crippen molar-refractivity contribution in [2.75, 3.05) is 23.7 Å². The highest BCUT2D eigenvalue weighted by molar-refractivity contribution is 5.34. The molecule has 1 heterocycles. The van der Waals surface area contributed by atoms with Gasteiger partial charge in [-0.25, -0.2) is 8.78 Å². The molecule has 0 radical (unpaired) electrons. The third-order valence-electron chi connectivity index (χ3n) is 1.52. The Balaban J connectivity index is 2.97. The quantitative estimate of drug-likeness (QED) is 0.785. The summed E-state index contributed by atoms with van der Waals surface area (Å²) in [6.45, 7) is 4.80. The van der Waals surface area contributed by atoms with Crippen LogP contribution in [-0.4, -0.2) is 28.0 Å². The number of alkyl halides is 2. The summed E-state index contributed by atoms with van der Waals surface area (Å²) >= 11 is 0. The summed E-state index contributed by atoms with van der Waals surface area (Å²) in [5, 5.41) is 5.53. The standard InChI is InChI=1S/C8H13F2N5/c1-3-11-7-13-6(5(9)10)14-8(15-7)12-4-2/h5H,3-4H2,1-2H3,(H2,11,12,13,14,15). The second kappa shape index (κ2) is 5.38. The van der Waals surface area contributed by atoms with Crippen LogP contribution in [0.5, 0.6) is 0 Å². The van der Waals surface area contributed by atoms with Gasteiger partial charge in [-0.3, -0.25) is 0 Å². The minimum atomic E-state index is -2.69. The van der Waals surface area contributed by atoms with E-state index >= 15 is 0 Å². The van der Waals surface area contributed by atoms with Crippen molar-refractivity contribution in [3.05, 3.63) is 5.82 Å². The highest BCUT2D eigenvalue weighted by atomic mass is 19.3. The van der Waals surface area contributed by atoms with Gasteiger partial charge < -0.3 is 10.6 Å². The Kier molecular flexibility index (Phi) is 4.14. The van der Waals surface area contributed by atoms with Crippen molar-refractivity contribution in [2.24, 2.45) is 0 Å². The zero-order valence-electron chi connectivity index (χ0n) is 8.59. The average Bonchev–Trinajstić information content (AvgIpc) is 2.18. The minimum Gasteiger partial charge on any atom is -0.354 e. The van der Waals surface area contributed by atoms with Crippen LogP contribution in [0.25, 0.3) is 0 Å². The van der Waals surface area contributed by atoms with E-state index in [4.69, 9.17) is 0 Å². The molecule has 0 amide bonds. The van der Waals surface area contributed by atoms with Crippen LogP contribution in [0.3, 0.4) is 0 Å². The Morgan fingerprint density at radius 1 is 1.00 bits per heavy atom. The van der Waals surface area contributed by atoms with Gasteiger partial charge in [0.2, 0.25) is 17.7 Å². The van der Waals surface area contributed by atoms with E-state index in [1.165, 1.54) is 0 Å². The first-order valence-corrected chi connectivity index (χ1v) is 4.69. The van der Waals surface area contributed by atoms with Crippen LogP contribution in [0.2, 0.25) is 0 Å². The molecule has 5 nitrogen and oxygen atoms in total. The van der Waals surface area contributed by atoms with Crippen molar-refractivity contribution in [1.29, 1.82) is 0 Å². The molecule has 0 unspecified atom stereocenters. The van der Waals surface area contributed by atoms with E-state index in [2.05, 4.69) is 25.6 Å². The van der Waals surface area contributed by atoms with Crippen molar-refractivity contribution >= 4 is 11.9 Å². The second-order valence-corrected chi connectivity index (χ2v) is 2.70. The van der Waals surface area contributed by atoms with E-state index in [9.17, 15) is 8.78 Å². The van der Waals surface area contributed by atoms with Crippen LogP contribution < -0.4 is 10.6 Å². The first-order chi connectivity index (χ1) is 7.17. The topological polar surface area (TPSA) is 62.7 Å². The summed E-state index contributed by atoms with van der Waals surface area (Å²) in [6.07, 6.45) is -2.69. The van der Waals surface area contributed by atoms with Crippen molar-refractivity contribution in [1.82, 2.24) is 15.0 Å². The Morgan fingerprint density at radius 2 is 1.47 bits per heavy atom. The van der Waals surface area contributed by atoms with Gasteiger partial charge >= 0.3 is 0 Å². The maximum atomic E-state index is 12.4. The van der Waals surface area contributed by atoms with Gasteiger partial charge in [-0.15, -0.1) is 0 Å². The lowest BCUT2D eigenvalue weighted by atomic mass is 10.6. The first-order valence-electron chi connectivity index (χ1n) is 4.69. The maximum Gasteiger partial charge on any atom is 0.297 e. The molecule has 1 aromatic heterocycles. The predicted molar refractivity (Wildman–Crippen MR) is 53.1 cm³/mol. The smallest absolute Gasteiger partial charge is 0.297 e. The van der Waals surface area contributed by atoms with Gasteiger partial charge in [0.05, 0.1) is 0 Å². The fourth-order valence-electron chi connectivity index (χ4n) is 0.964. The number of rotatable bonds is 5. The molecule has 0 atom stereocenters. The number of halogens is 2. The molecule has 0 aliphatic heterocycles. The normalized spacial score (nSPS) is 10.5. The molecular formula is C8H13F2N5. The highest BCUT2D eigenvalue weighted by Gasteiger charge is 2.14. The lowest BCUT2D eigenvalue weighted by Crippen LogP contribution is -2.11. The summed E-state index contributed by atoms with van der Waals surface area (Å²) in [5.41, 5.74) is 0. The monoisotopic (exact) mass is 217 g/mol. The fraction of sp³-hybridized carbons (Fsp3) is 0.625. The van der Waals surface area contributed by atoms with Crippen molar-refractivity contribution in [3.8, 4) is 0 Å². The molecule has 0 aliphatic carbocycles. The summed E-state index contributed by atoms with van der Waals surface area (Å²) in [6, 6.07) is 0. The molecule has 2 N–H and O–H groups in total. The largest absolute Gasteiger partial charge is 0.354 e. The van der Waals surface area contributed by atoms with Gasteiger partial charge in [0.25, 0.3) is 6.43 Å². The van der Waals surface area contributed by atoms with Crippen LogP contribution in [0.4, 0.5) is 20.7 Å². The number of nitrogens with one attached hydrogen (secondary N) is 2. The van der Waals surface area contributed by atoms with Crippen molar-refractivity contribution in [3.63, 3.8) is 0 Å². The minimum absolute atomic E-state index is 0.166. The van der Waals surface area contributed by atoms with E-state index in [1.807, 2.05) is 13.8 Å². The molecule has 0 spiro atoms. The predicted octanol–water partition coefficient (Wildman–Crippen LogP) is 1.67. The number of anilines is 2. The molecule has 1 rings (SSSR count). The summed E-state index contributed by atoms with van der Waals surface area (Å²) in [4.78, 5) is 11.1. The maximum absolute atomic E-state index is 12.4. The molecule has 0 bridgehead atoms. The van der Waals surface area contributed by atoms with Gasteiger partial charge in [0.15, 0.2) is 0 Å². The number of nitrogens with zero attached hydrogens (tertiary/aromatic N) is 3. The third kappa shape index (κ3) is 3.26. The SMILES string of the molecule is CCNc1nc(NCC)nc(C(F)F)n1. The van der Waals surface area contributed by atoms with Gasteiger partial charge in [-0.05, 0) is 13.8 Å². The molecular weight excluding hydrogens is 204 g/mol. The van der Waals surface area contributed by atoms with Gasteiger partial charge in [0.1, 0.15) is 0 Å². The Hall–Kier alpha value is -1.53. The van der Waals surface area contributed by atoms with Crippen LogP contribution in [-0.2, 0) is 0 Å². The van der Waals surface area contributed by atoms with Crippen molar-refractivity contribution < 1.29 is 8.78 Å². The van der Waals surface area contributed by atoms with E-state index in [1.54, 1.807) is 0 Å². The van der Waals surface area contributed by atoms with Crippen LogP contribution in [0.15, 0.2) is 0 Å². The molecule has 0 aromatic carbocycles. The Bertz CT molecular complexity index is 294. The molecule has 0 saturated carbocycles. The zero-order chi connectivity index (χ0) is 11.3. The lowest BCUT2D eigenvalue weighted by Gasteiger charge is -2.07. The third-order valence-corrected chi connectivity index (χ3v) is 1.52. The highest BCUT2D eigenvalue weighted by Crippen LogP contribution is 2.16.